The number of anilines is 1. The Morgan fingerprint density at radius 2 is 2.00 bits per heavy atom. The highest BCUT2D eigenvalue weighted by molar-refractivity contribution is 6.03. The molecule has 2 N–H and O–H groups in total. The Hall–Kier alpha value is -1.95. The molecule has 66 valence electrons. The van der Waals surface area contributed by atoms with Crippen molar-refractivity contribution >= 4 is 11.6 Å². The fourth-order valence-electron chi connectivity index (χ4n) is 0.821. The summed E-state index contributed by atoms with van der Waals surface area (Å²) in [5.41, 5.74) is 0.616. The van der Waals surface area contributed by atoms with E-state index in [0.717, 1.165) is 0 Å². The van der Waals surface area contributed by atoms with E-state index in [4.69, 9.17) is 5.11 Å². The van der Waals surface area contributed by atoms with Gasteiger partial charge in [0.1, 0.15) is 5.75 Å². The quantitative estimate of drug-likeness (QED) is 0.500. The average molecular weight is 175 g/mol. The summed E-state index contributed by atoms with van der Waals surface area (Å²) in [6.07, 6.45) is 0. The maximum Gasteiger partial charge on any atom is 0.300 e. The molecule has 0 fully saturated rings. The number of amides is 1. The SMILES string of the molecule is CC#CC(=O)Nc1ccc(O)cc1. The molecule has 1 rings (SSSR count). The lowest BCUT2D eigenvalue weighted by molar-refractivity contribution is -0.111. The average Bonchev–Trinajstić information content (AvgIpc) is 2.09. The lowest BCUT2D eigenvalue weighted by Gasteiger charge is -1.99. The Balaban J connectivity index is 2.68. The zero-order chi connectivity index (χ0) is 9.68. The van der Waals surface area contributed by atoms with Crippen LogP contribution in [0.15, 0.2) is 24.3 Å². The van der Waals surface area contributed by atoms with Crippen molar-refractivity contribution in [2.75, 3.05) is 5.32 Å². The van der Waals surface area contributed by atoms with Crippen molar-refractivity contribution in [2.45, 2.75) is 6.92 Å². The van der Waals surface area contributed by atoms with Crippen molar-refractivity contribution < 1.29 is 9.90 Å². The zero-order valence-electron chi connectivity index (χ0n) is 7.16. The van der Waals surface area contributed by atoms with E-state index in [1.54, 1.807) is 19.1 Å². The van der Waals surface area contributed by atoms with Gasteiger partial charge in [0.25, 0.3) is 5.91 Å². The molecule has 13 heavy (non-hydrogen) atoms. The summed E-state index contributed by atoms with van der Waals surface area (Å²) in [6, 6.07) is 6.19. The summed E-state index contributed by atoms with van der Waals surface area (Å²) in [7, 11) is 0. The molecule has 1 aromatic carbocycles. The number of aromatic hydroxyl groups is 1. The third-order valence-corrected chi connectivity index (χ3v) is 1.36. The Morgan fingerprint density at radius 1 is 1.38 bits per heavy atom. The Bertz CT molecular complexity index is 357. The fraction of sp³-hybridized carbons (Fsp3) is 0.100. The zero-order valence-corrected chi connectivity index (χ0v) is 7.16. The normalized spacial score (nSPS) is 8.38. The Labute approximate surface area is 76.4 Å². The van der Waals surface area contributed by atoms with Gasteiger partial charge in [0.15, 0.2) is 0 Å². The van der Waals surface area contributed by atoms with Crippen LogP contribution in [0.25, 0.3) is 0 Å². The highest BCUT2D eigenvalue weighted by Crippen LogP contribution is 2.13. The van der Waals surface area contributed by atoms with Crippen molar-refractivity contribution in [3.63, 3.8) is 0 Å². The molecule has 0 spiro atoms. The molecule has 0 aliphatic carbocycles. The van der Waals surface area contributed by atoms with Gasteiger partial charge >= 0.3 is 0 Å². The summed E-state index contributed by atoms with van der Waals surface area (Å²) in [6.45, 7) is 1.59. The molecule has 0 bridgehead atoms. The smallest absolute Gasteiger partial charge is 0.300 e. The molecule has 0 saturated heterocycles. The molecule has 0 atom stereocenters. The van der Waals surface area contributed by atoms with E-state index in [0.29, 0.717) is 5.69 Å². The second-order valence-corrected chi connectivity index (χ2v) is 2.38. The summed E-state index contributed by atoms with van der Waals surface area (Å²) in [5, 5.41) is 11.5. The third kappa shape index (κ3) is 2.88. The molecule has 0 unspecified atom stereocenters. The maximum atomic E-state index is 11.0. The van der Waals surface area contributed by atoms with E-state index in [9.17, 15) is 4.79 Å². The second kappa shape index (κ2) is 4.17. The van der Waals surface area contributed by atoms with E-state index < -0.39 is 0 Å². The van der Waals surface area contributed by atoms with Crippen LogP contribution in [0.5, 0.6) is 5.75 Å². The molecule has 1 amide bonds. The molecular weight excluding hydrogens is 166 g/mol. The van der Waals surface area contributed by atoms with Gasteiger partial charge in [-0.3, -0.25) is 4.79 Å². The summed E-state index contributed by atoms with van der Waals surface area (Å²) in [5.74, 6) is 4.65. The molecule has 0 saturated carbocycles. The monoisotopic (exact) mass is 175 g/mol. The minimum Gasteiger partial charge on any atom is -0.508 e. The van der Waals surface area contributed by atoms with Gasteiger partial charge in [0.05, 0.1) is 0 Å². The first kappa shape index (κ1) is 9.14. The van der Waals surface area contributed by atoms with Crippen LogP contribution in [0, 0.1) is 11.8 Å². The minimum absolute atomic E-state index is 0.166. The van der Waals surface area contributed by atoms with E-state index in [1.165, 1.54) is 12.1 Å². The van der Waals surface area contributed by atoms with Crippen molar-refractivity contribution in [3.8, 4) is 17.6 Å². The van der Waals surface area contributed by atoms with Gasteiger partial charge in [-0.1, -0.05) is 5.92 Å². The highest BCUT2D eigenvalue weighted by Gasteiger charge is 1.96. The molecule has 1 aromatic rings. The van der Waals surface area contributed by atoms with Crippen LogP contribution in [0.2, 0.25) is 0 Å². The molecule has 0 heterocycles. The highest BCUT2D eigenvalue weighted by atomic mass is 16.3. The summed E-state index contributed by atoms with van der Waals surface area (Å²) >= 11 is 0. The van der Waals surface area contributed by atoms with Crippen LogP contribution in [-0.4, -0.2) is 11.0 Å². The van der Waals surface area contributed by atoms with Crippen LogP contribution in [-0.2, 0) is 4.79 Å². The van der Waals surface area contributed by atoms with Crippen LogP contribution >= 0.6 is 0 Å². The Morgan fingerprint density at radius 3 is 2.54 bits per heavy atom. The lowest BCUT2D eigenvalue weighted by atomic mass is 10.3. The van der Waals surface area contributed by atoms with E-state index in [2.05, 4.69) is 17.2 Å². The summed E-state index contributed by atoms with van der Waals surface area (Å²) < 4.78 is 0. The van der Waals surface area contributed by atoms with Crippen LogP contribution in [0.4, 0.5) is 5.69 Å². The molecule has 0 aliphatic heterocycles. The molecular formula is C10H9NO2. The van der Waals surface area contributed by atoms with Crippen molar-refractivity contribution in [1.82, 2.24) is 0 Å². The number of hydrogen-bond donors (Lipinski definition) is 2. The third-order valence-electron chi connectivity index (χ3n) is 1.36. The van der Waals surface area contributed by atoms with E-state index in [-0.39, 0.29) is 11.7 Å². The number of hydrogen-bond acceptors (Lipinski definition) is 2. The predicted molar refractivity (Wildman–Crippen MR) is 50.2 cm³/mol. The van der Waals surface area contributed by atoms with Crippen molar-refractivity contribution in [3.05, 3.63) is 24.3 Å². The number of carbonyl (C=O) groups is 1. The van der Waals surface area contributed by atoms with Gasteiger partial charge in [-0.2, -0.15) is 0 Å². The first-order valence-corrected chi connectivity index (χ1v) is 3.75. The first-order chi connectivity index (χ1) is 6.22. The van der Waals surface area contributed by atoms with Crippen molar-refractivity contribution in [1.29, 1.82) is 0 Å². The van der Waals surface area contributed by atoms with Gasteiger partial charge in [-0.25, -0.2) is 0 Å². The molecule has 0 radical (unpaired) electrons. The number of rotatable bonds is 1. The Kier molecular flexibility index (Phi) is 2.93. The largest absolute Gasteiger partial charge is 0.508 e. The number of phenols is 1. The lowest BCUT2D eigenvalue weighted by Crippen LogP contribution is -2.07. The fourth-order valence-corrected chi connectivity index (χ4v) is 0.821. The number of phenolic OH excluding ortho intramolecular Hbond substituents is 1. The molecule has 0 aromatic heterocycles. The van der Waals surface area contributed by atoms with Crippen LogP contribution < -0.4 is 5.32 Å². The summed E-state index contributed by atoms with van der Waals surface area (Å²) in [4.78, 5) is 11.0. The van der Waals surface area contributed by atoms with E-state index >= 15 is 0 Å². The maximum absolute atomic E-state index is 11.0. The van der Waals surface area contributed by atoms with E-state index in [1.807, 2.05) is 0 Å². The van der Waals surface area contributed by atoms with Gasteiger partial charge in [-0.15, -0.1) is 0 Å². The second-order valence-electron chi connectivity index (χ2n) is 2.38. The standard InChI is InChI=1S/C10H9NO2/c1-2-3-10(13)11-8-4-6-9(12)7-5-8/h4-7,12H,1H3,(H,11,13). The molecule has 3 heteroatoms. The van der Waals surface area contributed by atoms with Gasteiger partial charge in [-0.05, 0) is 37.1 Å². The minimum atomic E-state index is -0.354. The van der Waals surface area contributed by atoms with Gasteiger partial charge in [0, 0.05) is 5.69 Å². The van der Waals surface area contributed by atoms with Gasteiger partial charge in [0.2, 0.25) is 0 Å². The number of carbonyl (C=O) groups excluding carboxylic acids is 1. The number of benzene rings is 1. The van der Waals surface area contributed by atoms with Gasteiger partial charge < -0.3 is 10.4 Å². The van der Waals surface area contributed by atoms with Crippen LogP contribution in [0.3, 0.4) is 0 Å². The molecule has 0 aliphatic rings. The first-order valence-electron chi connectivity index (χ1n) is 3.75. The topological polar surface area (TPSA) is 49.3 Å². The van der Waals surface area contributed by atoms with Crippen molar-refractivity contribution in [2.24, 2.45) is 0 Å². The predicted octanol–water partition coefficient (Wildman–Crippen LogP) is 1.35. The van der Waals surface area contributed by atoms with Crippen LogP contribution in [0.1, 0.15) is 6.92 Å². The molecule has 3 nitrogen and oxygen atoms in total. The number of nitrogens with one attached hydrogen (secondary N) is 1.